The molecule has 22 heavy (non-hydrogen) atoms. The third kappa shape index (κ3) is 3.67. The molecule has 0 spiro atoms. The Bertz CT molecular complexity index is 629. The lowest BCUT2D eigenvalue weighted by molar-refractivity contribution is 0.354. The highest BCUT2D eigenvalue weighted by molar-refractivity contribution is 6.33. The predicted molar refractivity (Wildman–Crippen MR) is 91.5 cm³/mol. The first-order valence-electron chi connectivity index (χ1n) is 6.95. The molecule has 2 rings (SSSR count). The first-order chi connectivity index (χ1) is 10.6. The van der Waals surface area contributed by atoms with Crippen molar-refractivity contribution < 1.29 is 9.47 Å². The van der Waals surface area contributed by atoms with Gasteiger partial charge in [0.2, 0.25) is 0 Å². The number of hydrogen-bond donors (Lipinski definition) is 1. The summed E-state index contributed by atoms with van der Waals surface area (Å²) in [7, 11) is 3.16. The Morgan fingerprint density at radius 3 is 2.23 bits per heavy atom. The number of halogens is 2. The Kier molecular flexibility index (Phi) is 5.95. The normalized spacial score (nSPS) is 12.0. The average molecular weight is 340 g/mol. The van der Waals surface area contributed by atoms with Crippen LogP contribution >= 0.6 is 23.2 Å². The van der Waals surface area contributed by atoms with Crippen LogP contribution in [0.5, 0.6) is 11.5 Å². The van der Waals surface area contributed by atoms with Crippen LogP contribution in [0, 0.1) is 0 Å². The van der Waals surface area contributed by atoms with Gasteiger partial charge in [-0.05, 0) is 42.3 Å². The van der Waals surface area contributed by atoms with E-state index in [0.29, 0.717) is 28.1 Å². The second kappa shape index (κ2) is 7.73. The fourth-order valence-corrected chi connectivity index (χ4v) is 2.86. The number of nitrogens with two attached hydrogens (primary N) is 1. The molecule has 1 unspecified atom stereocenters. The van der Waals surface area contributed by atoms with Crippen LogP contribution in [0.1, 0.15) is 17.0 Å². The molecule has 2 N–H and O–H groups in total. The van der Waals surface area contributed by atoms with Gasteiger partial charge < -0.3 is 15.2 Å². The van der Waals surface area contributed by atoms with Crippen molar-refractivity contribution in [1.29, 1.82) is 0 Å². The zero-order chi connectivity index (χ0) is 16.1. The van der Waals surface area contributed by atoms with Gasteiger partial charge in [-0.2, -0.15) is 0 Å². The van der Waals surface area contributed by atoms with E-state index in [1.54, 1.807) is 14.2 Å². The van der Waals surface area contributed by atoms with Crippen LogP contribution in [0.15, 0.2) is 36.4 Å². The maximum Gasteiger partial charge on any atom is 0.179 e. The number of methoxy groups -OCH3 is 2. The summed E-state index contributed by atoms with van der Waals surface area (Å²) in [4.78, 5) is 0. The van der Waals surface area contributed by atoms with Crippen LogP contribution in [0.3, 0.4) is 0 Å². The van der Waals surface area contributed by atoms with E-state index in [-0.39, 0.29) is 5.92 Å². The van der Waals surface area contributed by atoms with Crippen LogP contribution < -0.4 is 15.2 Å². The summed E-state index contributed by atoms with van der Waals surface area (Å²) >= 11 is 12.4. The molecule has 5 heteroatoms. The van der Waals surface area contributed by atoms with Crippen LogP contribution in [-0.2, 0) is 6.42 Å². The van der Waals surface area contributed by atoms with E-state index < -0.39 is 0 Å². The molecular formula is C17H19Cl2NO2. The topological polar surface area (TPSA) is 44.5 Å². The van der Waals surface area contributed by atoms with Crippen LogP contribution in [-0.4, -0.2) is 20.8 Å². The van der Waals surface area contributed by atoms with E-state index in [9.17, 15) is 0 Å². The summed E-state index contributed by atoms with van der Waals surface area (Å²) < 4.78 is 10.6. The third-order valence-electron chi connectivity index (χ3n) is 3.66. The van der Waals surface area contributed by atoms with E-state index in [1.165, 1.54) is 0 Å². The second-order valence-electron chi connectivity index (χ2n) is 4.96. The fraction of sp³-hybridized carbons (Fsp3) is 0.294. The van der Waals surface area contributed by atoms with Crippen LogP contribution in [0.2, 0.25) is 10.0 Å². The highest BCUT2D eigenvalue weighted by Crippen LogP contribution is 2.38. The molecule has 0 bridgehead atoms. The SMILES string of the molecule is COc1ccc(CC(CN)c2ccc(Cl)cc2)c(Cl)c1OC. The zero-order valence-corrected chi connectivity index (χ0v) is 14.1. The monoisotopic (exact) mass is 339 g/mol. The van der Waals surface area contributed by atoms with Gasteiger partial charge >= 0.3 is 0 Å². The van der Waals surface area contributed by atoms with Crippen molar-refractivity contribution in [2.75, 3.05) is 20.8 Å². The molecule has 0 aliphatic rings. The highest BCUT2D eigenvalue weighted by Gasteiger charge is 2.17. The third-order valence-corrected chi connectivity index (χ3v) is 4.32. The van der Waals surface area contributed by atoms with E-state index in [1.807, 2.05) is 36.4 Å². The van der Waals surface area contributed by atoms with Gasteiger partial charge in [0, 0.05) is 10.9 Å². The molecule has 0 fully saturated rings. The van der Waals surface area contributed by atoms with Gasteiger partial charge in [-0.25, -0.2) is 0 Å². The number of hydrogen-bond acceptors (Lipinski definition) is 3. The quantitative estimate of drug-likeness (QED) is 0.853. The highest BCUT2D eigenvalue weighted by atomic mass is 35.5. The lowest BCUT2D eigenvalue weighted by atomic mass is 9.92. The minimum absolute atomic E-state index is 0.160. The van der Waals surface area contributed by atoms with Gasteiger partial charge in [0.25, 0.3) is 0 Å². The molecule has 0 radical (unpaired) electrons. The first kappa shape index (κ1) is 16.9. The van der Waals surface area contributed by atoms with Crippen molar-refractivity contribution in [3.8, 4) is 11.5 Å². The van der Waals surface area contributed by atoms with Gasteiger partial charge in [-0.15, -0.1) is 0 Å². The van der Waals surface area contributed by atoms with Gasteiger partial charge in [-0.1, -0.05) is 41.4 Å². The molecule has 118 valence electrons. The molecule has 0 amide bonds. The van der Waals surface area contributed by atoms with E-state index in [4.69, 9.17) is 38.4 Å². The summed E-state index contributed by atoms with van der Waals surface area (Å²) in [5.74, 6) is 1.33. The molecule has 0 aliphatic heterocycles. The molecule has 0 heterocycles. The van der Waals surface area contributed by atoms with Crippen LogP contribution in [0.4, 0.5) is 0 Å². The molecule has 3 nitrogen and oxygen atoms in total. The molecule has 1 atom stereocenters. The minimum atomic E-state index is 0.160. The maximum atomic E-state index is 6.44. The Labute approximate surface area is 140 Å². The molecule has 0 aliphatic carbocycles. The van der Waals surface area contributed by atoms with Crippen molar-refractivity contribution >= 4 is 23.2 Å². The van der Waals surface area contributed by atoms with Crippen molar-refractivity contribution in [3.63, 3.8) is 0 Å². The number of ether oxygens (including phenoxy) is 2. The first-order valence-corrected chi connectivity index (χ1v) is 7.71. The van der Waals surface area contributed by atoms with Gasteiger partial charge in [0.05, 0.1) is 19.2 Å². The molecule has 2 aromatic rings. The van der Waals surface area contributed by atoms with Gasteiger partial charge in [0.1, 0.15) is 0 Å². The summed E-state index contributed by atoms with van der Waals surface area (Å²) in [5, 5.41) is 1.28. The van der Waals surface area contributed by atoms with Gasteiger partial charge in [-0.3, -0.25) is 0 Å². The second-order valence-corrected chi connectivity index (χ2v) is 5.78. The van der Waals surface area contributed by atoms with Crippen molar-refractivity contribution in [2.45, 2.75) is 12.3 Å². The van der Waals surface area contributed by atoms with Crippen molar-refractivity contribution in [2.24, 2.45) is 5.73 Å². The Morgan fingerprint density at radius 2 is 1.68 bits per heavy atom. The lowest BCUT2D eigenvalue weighted by Crippen LogP contribution is -2.15. The zero-order valence-electron chi connectivity index (χ0n) is 12.6. The van der Waals surface area contributed by atoms with E-state index in [0.717, 1.165) is 17.5 Å². The molecule has 2 aromatic carbocycles. The molecule has 0 saturated carbocycles. The smallest absolute Gasteiger partial charge is 0.179 e. The Morgan fingerprint density at radius 1 is 1.00 bits per heavy atom. The lowest BCUT2D eigenvalue weighted by Gasteiger charge is -2.18. The standard InChI is InChI=1S/C17H19Cl2NO2/c1-21-15-8-5-12(16(19)17(15)22-2)9-13(10-20)11-3-6-14(18)7-4-11/h3-8,13H,9-10,20H2,1-2H3. The molecular weight excluding hydrogens is 321 g/mol. The summed E-state index contributed by atoms with van der Waals surface area (Å²) in [6.07, 6.45) is 0.720. The molecule has 0 aromatic heterocycles. The Hall–Kier alpha value is -1.42. The number of benzene rings is 2. The predicted octanol–water partition coefficient (Wildman–Crippen LogP) is 4.30. The minimum Gasteiger partial charge on any atom is -0.493 e. The van der Waals surface area contributed by atoms with Crippen molar-refractivity contribution in [1.82, 2.24) is 0 Å². The van der Waals surface area contributed by atoms with Gasteiger partial charge in [0.15, 0.2) is 11.5 Å². The summed E-state index contributed by atoms with van der Waals surface area (Å²) in [5.41, 5.74) is 8.05. The average Bonchev–Trinajstić information content (AvgIpc) is 2.54. The maximum absolute atomic E-state index is 6.44. The largest absolute Gasteiger partial charge is 0.493 e. The van der Waals surface area contributed by atoms with Crippen molar-refractivity contribution in [3.05, 3.63) is 57.6 Å². The molecule has 0 saturated heterocycles. The van der Waals surface area contributed by atoms with Crippen LogP contribution in [0.25, 0.3) is 0 Å². The summed E-state index contributed by atoms with van der Waals surface area (Å²) in [6, 6.07) is 11.5. The Balaban J connectivity index is 2.30. The summed E-state index contributed by atoms with van der Waals surface area (Å²) in [6.45, 7) is 0.520. The fourth-order valence-electron chi connectivity index (χ4n) is 2.43. The van der Waals surface area contributed by atoms with E-state index in [2.05, 4.69) is 0 Å². The van der Waals surface area contributed by atoms with E-state index >= 15 is 0 Å². The number of rotatable bonds is 6.